The quantitative estimate of drug-likeness (QED) is 0.846. The van der Waals surface area contributed by atoms with Crippen molar-refractivity contribution in [3.05, 3.63) is 64.7 Å². The van der Waals surface area contributed by atoms with Gasteiger partial charge in [-0.1, -0.05) is 41.9 Å². The van der Waals surface area contributed by atoms with Crippen molar-refractivity contribution in [2.45, 2.75) is 25.2 Å². The van der Waals surface area contributed by atoms with Crippen LogP contribution in [0.1, 0.15) is 41.1 Å². The smallest absolute Gasteiger partial charge is 0.321 e. The van der Waals surface area contributed by atoms with Crippen molar-refractivity contribution in [2.24, 2.45) is 5.73 Å². The molecule has 2 aromatic rings. The van der Waals surface area contributed by atoms with Gasteiger partial charge >= 0.3 is 6.03 Å². The van der Waals surface area contributed by atoms with Gasteiger partial charge in [-0.3, -0.25) is 4.79 Å². The van der Waals surface area contributed by atoms with Gasteiger partial charge in [-0.05, 0) is 48.9 Å². The first-order valence-electron chi connectivity index (χ1n) is 8.75. The van der Waals surface area contributed by atoms with Crippen LogP contribution in [0.25, 0.3) is 0 Å². The van der Waals surface area contributed by atoms with E-state index in [1.807, 2.05) is 11.0 Å². The molecule has 0 aromatic heterocycles. The van der Waals surface area contributed by atoms with Gasteiger partial charge in [0.15, 0.2) is 0 Å². The fourth-order valence-electron chi connectivity index (χ4n) is 3.35. The molecule has 136 valence electrons. The van der Waals surface area contributed by atoms with Gasteiger partial charge in [0.1, 0.15) is 0 Å². The topological polar surface area (TPSA) is 75.4 Å². The maximum absolute atomic E-state index is 12.6. The molecule has 0 bridgehead atoms. The summed E-state index contributed by atoms with van der Waals surface area (Å²) in [6, 6.07) is 15.0. The zero-order valence-corrected chi connectivity index (χ0v) is 15.2. The van der Waals surface area contributed by atoms with E-state index in [9.17, 15) is 9.59 Å². The molecule has 3 rings (SSSR count). The summed E-state index contributed by atoms with van der Waals surface area (Å²) in [5.41, 5.74) is 7.37. The van der Waals surface area contributed by atoms with E-state index in [4.69, 9.17) is 17.3 Å². The van der Waals surface area contributed by atoms with Crippen LogP contribution in [0, 0.1) is 0 Å². The third-order valence-corrected chi connectivity index (χ3v) is 5.08. The molecule has 2 aromatic carbocycles. The lowest BCUT2D eigenvalue weighted by atomic mass is 9.92. The molecule has 0 spiro atoms. The summed E-state index contributed by atoms with van der Waals surface area (Å²) >= 11 is 6.04. The van der Waals surface area contributed by atoms with Crippen LogP contribution in [-0.4, -0.2) is 29.9 Å². The molecule has 6 heteroatoms. The molecule has 1 unspecified atom stereocenters. The number of rotatable bonds is 3. The van der Waals surface area contributed by atoms with E-state index in [0.717, 1.165) is 25.8 Å². The third kappa shape index (κ3) is 4.35. The molecule has 1 fully saturated rings. The Labute approximate surface area is 158 Å². The highest BCUT2D eigenvalue weighted by Crippen LogP contribution is 2.28. The number of hydrogen-bond acceptors (Lipinski definition) is 2. The number of likely N-dealkylation sites (tertiary alicyclic amines) is 1. The highest BCUT2D eigenvalue weighted by Gasteiger charge is 2.21. The van der Waals surface area contributed by atoms with E-state index in [-0.39, 0.29) is 16.6 Å². The highest BCUT2D eigenvalue weighted by molar-refractivity contribution is 6.34. The lowest BCUT2D eigenvalue weighted by Gasteiger charge is -2.21. The fourth-order valence-corrected chi connectivity index (χ4v) is 3.63. The second kappa shape index (κ2) is 8.23. The monoisotopic (exact) mass is 371 g/mol. The van der Waals surface area contributed by atoms with Gasteiger partial charge in [0, 0.05) is 18.8 Å². The van der Waals surface area contributed by atoms with Crippen molar-refractivity contribution >= 4 is 29.2 Å². The summed E-state index contributed by atoms with van der Waals surface area (Å²) in [4.78, 5) is 25.6. The van der Waals surface area contributed by atoms with E-state index in [2.05, 4.69) is 29.6 Å². The molecule has 1 atom stereocenters. The number of benzene rings is 2. The molecule has 26 heavy (non-hydrogen) atoms. The molecule has 3 N–H and O–H groups in total. The molecule has 3 amide bonds. The highest BCUT2D eigenvalue weighted by atomic mass is 35.5. The van der Waals surface area contributed by atoms with Crippen LogP contribution < -0.4 is 11.1 Å². The van der Waals surface area contributed by atoms with Crippen molar-refractivity contribution < 1.29 is 9.59 Å². The number of hydrogen-bond donors (Lipinski definition) is 2. The first kappa shape index (κ1) is 18.3. The van der Waals surface area contributed by atoms with Crippen molar-refractivity contribution in [3.63, 3.8) is 0 Å². The normalized spacial score (nSPS) is 17.4. The van der Waals surface area contributed by atoms with Crippen LogP contribution in [0.4, 0.5) is 10.5 Å². The Morgan fingerprint density at radius 3 is 2.54 bits per heavy atom. The summed E-state index contributed by atoms with van der Waals surface area (Å²) < 4.78 is 0. The summed E-state index contributed by atoms with van der Waals surface area (Å²) in [7, 11) is 0. The van der Waals surface area contributed by atoms with Crippen LogP contribution in [0.5, 0.6) is 0 Å². The zero-order chi connectivity index (χ0) is 18.5. The maximum Gasteiger partial charge on any atom is 0.321 e. The van der Waals surface area contributed by atoms with E-state index in [1.54, 1.807) is 12.1 Å². The Bertz CT molecular complexity index is 795. The van der Waals surface area contributed by atoms with Gasteiger partial charge in [-0.2, -0.15) is 0 Å². The minimum absolute atomic E-state index is 0.151. The average molecular weight is 372 g/mol. The maximum atomic E-state index is 12.6. The number of nitrogens with zero attached hydrogens (tertiary/aromatic N) is 1. The van der Waals surface area contributed by atoms with Gasteiger partial charge in [0.25, 0.3) is 0 Å². The Balaban J connectivity index is 1.62. The Hall–Kier alpha value is -2.53. The Morgan fingerprint density at radius 2 is 1.85 bits per heavy atom. The van der Waals surface area contributed by atoms with Crippen LogP contribution in [-0.2, 0) is 0 Å². The molecule has 1 saturated heterocycles. The minimum atomic E-state index is -0.590. The number of carbonyl (C=O) groups excluding carboxylic acids is 2. The summed E-state index contributed by atoms with van der Waals surface area (Å²) in [6.45, 7) is 1.43. The van der Waals surface area contributed by atoms with Gasteiger partial charge in [-0.25, -0.2) is 4.79 Å². The molecule has 0 saturated carbocycles. The molecular weight excluding hydrogens is 350 g/mol. The predicted molar refractivity (Wildman–Crippen MR) is 104 cm³/mol. The minimum Gasteiger partial charge on any atom is -0.366 e. The van der Waals surface area contributed by atoms with Crippen LogP contribution >= 0.6 is 11.6 Å². The molecule has 1 aliphatic rings. The number of anilines is 1. The second-order valence-corrected chi connectivity index (χ2v) is 6.92. The van der Waals surface area contributed by atoms with Gasteiger partial charge in [0.2, 0.25) is 5.91 Å². The second-order valence-electron chi connectivity index (χ2n) is 6.51. The molecule has 1 heterocycles. The van der Waals surface area contributed by atoms with E-state index in [0.29, 0.717) is 18.2 Å². The molecular formula is C20H22ClN3O2. The third-order valence-electron chi connectivity index (χ3n) is 4.77. The predicted octanol–water partition coefficient (Wildman–Crippen LogP) is 4.24. The number of carbonyl (C=O) groups is 2. The SMILES string of the molecule is NC(=O)c1ccc(NC(=O)N2CCCC(c3ccccc3)CC2)cc1Cl. The van der Waals surface area contributed by atoms with Crippen molar-refractivity contribution in [2.75, 3.05) is 18.4 Å². The number of urea groups is 1. The molecule has 5 nitrogen and oxygen atoms in total. The number of primary amides is 1. The fraction of sp³-hybridized carbons (Fsp3) is 0.300. The van der Waals surface area contributed by atoms with E-state index in [1.165, 1.54) is 11.6 Å². The van der Waals surface area contributed by atoms with Gasteiger partial charge < -0.3 is 16.0 Å². The lowest BCUT2D eigenvalue weighted by Crippen LogP contribution is -2.35. The van der Waals surface area contributed by atoms with Crippen LogP contribution in [0.2, 0.25) is 5.02 Å². The van der Waals surface area contributed by atoms with Crippen molar-refractivity contribution in [3.8, 4) is 0 Å². The molecule has 0 radical (unpaired) electrons. The van der Waals surface area contributed by atoms with Gasteiger partial charge in [0.05, 0.1) is 10.6 Å². The van der Waals surface area contributed by atoms with E-state index >= 15 is 0 Å². The summed E-state index contributed by atoms with van der Waals surface area (Å²) in [5, 5.41) is 3.08. The largest absolute Gasteiger partial charge is 0.366 e. The number of nitrogens with two attached hydrogens (primary N) is 1. The van der Waals surface area contributed by atoms with Gasteiger partial charge in [-0.15, -0.1) is 0 Å². The van der Waals surface area contributed by atoms with Crippen LogP contribution in [0.3, 0.4) is 0 Å². The van der Waals surface area contributed by atoms with Crippen molar-refractivity contribution in [1.29, 1.82) is 0 Å². The summed E-state index contributed by atoms with van der Waals surface area (Å²) in [6.07, 6.45) is 2.99. The molecule has 1 aliphatic heterocycles. The zero-order valence-electron chi connectivity index (χ0n) is 14.5. The first-order valence-corrected chi connectivity index (χ1v) is 9.12. The average Bonchev–Trinajstić information content (AvgIpc) is 2.88. The van der Waals surface area contributed by atoms with E-state index < -0.39 is 5.91 Å². The Kier molecular flexibility index (Phi) is 5.78. The van der Waals surface area contributed by atoms with Crippen LogP contribution in [0.15, 0.2) is 48.5 Å². The number of nitrogens with one attached hydrogen (secondary N) is 1. The van der Waals surface area contributed by atoms with Crippen molar-refractivity contribution in [1.82, 2.24) is 4.90 Å². The standard InChI is InChI=1S/C20H22ClN3O2/c21-18-13-16(8-9-17(18)19(22)25)23-20(26)24-11-4-7-15(10-12-24)14-5-2-1-3-6-14/h1-3,5-6,8-9,13,15H,4,7,10-12H2,(H2,22,25)(H,23,26). The first-order chi connectivity index (χ1) is 12.5. The number of amides is 3. The Morgan fingerprint density at radius 1 is 1.08 bits per heavy atom. The lowest BCUT2D eigenvalue weighted by molar-refractivity contribution is 0.100. The molecule has 0 aliphatic carbocycles. The number of halogens is 1. The summed E-state index contributed by atoms with van der Waals surface area (Å²) in [5.74, 6) is -0.106.